The molecule has 0 bridgehead atoms. The van der Waals surface area contributed by atoms with Crippen LogP contribution in [-0.2, 0) is 4.74 Å². The lowest BCUT2D eigenvalue weighted by molar-refractivity contribution is -0.0511. The van der Waals surface area contributed by atoms with Crippen molar-refractivity contribution in [1.29, 1.82) is 0 Å². The number of nitrogens with zero attached hydrogens (tertiary/aromatic N) is 7. The molecule has 1 fully saturated rings. The number of aromatic nitrogens is 4. The van der Waals surface area contributed by atoms with Crippen LogP contribution < -0.4 is 4.74 Å². The van der Waals surface area contributed by atoms with Gasteiger partial charge < -0.3 is 24.8 Å². The summed E-state index contributed by atoms with van der Waals surface area (Å²) < 4.78 is 12.2. The Morgan fingerprint density at radius 3 is 2.88 bits per heavy atom. The number of hydrogen-bond donors (Lipinski definition) is 3. The van der Waals surface area contributed by atoms with Crippen LogP contribution in [0.3, 0.4) is 0 Å². The summed E-state index contributed by atoms with van der Waals surface area (Å²) in [4.78, 5) is 14.8. The average Bonchev–Trinajstić information content (AvgIpc) is 3.15. The van der Waals surface area contributed by atoms with Gasteiger partial charge >= 0.3 is 0 Å². The van der Waals surface area contributed by atoms with Crippen molar-refractivity contribution < 1.29 is 24.8 Å². The quantitative estimate of drug-likeness (QED) is 0.282. The first kappa shape index (κ1) is 17.1. The number of aliphatic hydroxyl groups excluding tert-OH is 3. The van der Waals surface area contributed by atoms with E-state index in [4.69, 9.17) is 15.0 Å². The molecule has 0 unspecified atom stereocenters. The Hall–Kier alpha value is -2.76. The van der Waals surface area contributed by atoms with Crippen LogP contribution >= 0.6 is 0 Å². The first-order valence-corrected chi connectivity index (χ1v) is 7.26. The van der Waals surface area contributed by atoms with Gasteiger partial charge in [0.2, 0.25) is 11.8 Å². The molecule has 0 aliphatic carbocycles. The summed E-state index contributed by atoms with van der Waals surface area (Å²) >= 11 is 0. The molecule has 12 heteroatoms. The van der Waals surface area contributed by atoms with Gasteiger partial charge in [-0.25, -0.2) is 9.97 Å². The van der Waals surface area contributed by atoms with Gasteiger partial charge in [0.1, 0.15) is 24.9 Å². The Kier molecular flexibility index (Phi) is 4.79. The fourth-order valence-electron chi connectivity index (χ4n) is 2.50. The van der Waals surface area contributed by atoms with Crippen LogP contribution in [0.5, 0.6) is 5.88 Å². The minimum atomic E-state index is -1.31. The second-order valence-corrected chi connectivity index (χ2v) is 5.17. The van der Waals surface area contributed by atoms with E-state index in [2.05, 4.69) is 31.6 Å². The zero-order valence-corrected chi connectivity index (χ0v) is 12.9. The summed E-state index contributed by atoms with van der Waals surface area (Å²) in [5.74, 6) is -0.139. The van der Waals surface area contributed by atoms with E-state index in [9.17, 15) is 15.3 Å². The van der Waals surface area contributed by atoms with Crippen molar-refractivity contribution in [2.45, 2.75) is 24.5 Å². The number of aliphatic hydroxyl groups is 3. The minimum Gasteiger partial charge on any atom is -0.472 e. The summed E-state index contributed by atoms with van der Waals surface area (Å²) in [6.45, 7) is 3.22. The standard InChI is InChI=1S/C13H15N7O5/c1-2-3-24-11-7-10(16-13(17-11)18-19-14)20(5-15-7)12-9(23)8(22)6(4-21)25-12/h2,5-6,8-9,12,21-23H,1,3-4H2/t6-,8-,9-,12-/m1/s1. The largest absolute Gasteiger partial charge is 0.472 e. The lowest BCUT2D eigenvalue weighted by atomic mass is 10.1. The van der Waals surface area contributed by atoms with Gasteiger partial charge in [0.25, 0.3) is 0 Å². The second-order valence-electron chi connectivity index (χ2n) is 5.17. The van der Waals surface area contributed by atoms with E-state index in [1.54, 1.807) is 0 Å². The normalized spacial score (nSPS) is 25.7. The first-order valence-electron chi connectivity index (χ1n) is 7.26. The highest BCUT2D eigenvalue weighted by atomic mass is 16.6. The maximum absolute atomic E-state index is 10.2. The van der Waals surface area contributed by atoms with Gasteiger partial charge in [-0.15, -0.1) is 0 Å². The highest BCUT2D eigenvalue weighted by Gasteiger charge is 2.44. The smallest absolute Gasteiger partial charge is 0.246 e. The molecule has 2 aromatic rings. The molecule has 0 spiro atoms. The minimum absolute atomic E-state index is 0.0674. The van der Waals surface area contributed by atoms with Crippen LogP contribution in [0.1, 0.15) is 6.23 Å². The van der Waals surface area contributed by atoms with Crippen molar-refractivity contribution in [2.24, 2.45) is 5.11 Å². The van der Waals surface area contributed by atoms with Gasteiger partial charge in [-0.1, -0.05) is 12.7 Å². The molecular formula is C13H15N7O5. The van der Waals surface area contributed by atoms with Crippen molar-refractivity contribution in [1.82, 2.24) is 19.5 Å². The molecule has 3 N–H and O–H groups in total. The van der Waals surface area contributed by atoms with Gasteiger partial charge in [-0.3, -0.25) is 4.57 Å². The Morgan fingerprint density at radius 1 is 1.44 bits per heavy atom. The molecule has 3 heterocycles. The van der Waals surface area contributed by atoms with Crippen molar-refractivity contribution in [2.75, 3.05) is 13.2 Å². The number of fused-ring (bicyclic) bond motifs is 1. The summed E-state index contributed by atoms with van der Waals surface area (Å²) in [6, 6.07) is 0. The van der Waals surface area contributed by atoms with Crippen LogP contribution in [0.2, 0.25) is 0 Å². The topological polar surface area (TPSA) is 172 Å². The average molecular weight is 349 g/mol. The fraction of sp³-hybridized carbons (Fsp3) is 0.462. The number of hydrogen-bond acceptors (Lipinski definition) is 9. The highest BCUT2D eigenvalue weighted by Crippen LogP contribution is 2.33. The number of ether oxygens (including phenoxy) is 2. The van der Waals surface area contributed by atoms with Crippen LogP contribution in [0.25, 0.3) is 21.6 Å². The Labute approximate surface area is 140 Å². The van der Waals surface area contributed by atoms with E-state index < -0.39 is 31.1 Å². The van der Waals surface area contributed by atoms with E-state index in [-0.39, 0.29) is 29.6 Å². The maximum atomic E-state index is 10.2. The SMILES string of the molecule is C=CCOc1nc(N=[N+]=[N-])nc2c1ncn2[C@@H]1O[C@H](CO)[C@@H](O)[C@H]1O. The van der Waals surface area contributed by atoms with Gasteiger partial charge in [0, 0.05) is 4.91 Å². The molecule has 12 nitrogen and oxygen atoms in total. The van der Waals surface area contributed by atoms with E-state index >= 15 is 0 Å². The zero-order chi connectivity index (χ0) is 18.0. The Balaban J connectivity index is 2.09. The van der Waals surface area contributed by atoms with E-state index in [1.807, 2.05) is 0 Å². The number of imidazole rings is 1. The maximum Gasteiger partial charge on any atom is 0.246 e. The molecule has 0 saturated carbocycles. The third-order valence-corrected chi connectivity index (χ3v) is 3.64. The number of rotatable bonds is 6. The Morgan fingerprint density at radius 2 is 2.24 bits per heavy atom. The molecule has 0 amide bonds. The van der Waals surface area contributed by atoms with Crippen LogP contribution in [-0.4, -0.2) is 66.4 Å². The van der Waals surface area contributed by atoms with Crippen molar-refractivity contribution in [3.63, 3.8) is 0 Å². The van der Waals surface area contributed by atoms with Crippen LogP contribution in [0, 0.1) is 0 Å². The predicted octanol–water partition coefficient (Wildman–Crippen LogP) is -0.0556. The summed E-state index contributed by atoms with van der Waals surface area (Å²) in [7, 11) is 0. The molecule has 0 radical (unpaired) electrons. The molecule has 3 rings (SSSR count). The molecule has 1 aliphatic heterocycles. The zero-order valence-electron chi connectivity index (χ0n) is 12.9. The van der Waals surface area contributed by atoms with Crippen molar-refractivity contribution >= 4 is 17.1 Å². The monoisotopic (exact) mass is 349 g/mol. The van der Waals surface area contributed by atoms with Gasteiger partial charge in [0.05, 0.1) is 12.9 Å². The van der Waals surface area contributed by atoms with E-state index in [0.717, 1.165) is 0 Å². The van der Waals surface area contributed by atoms with Gasteiger partial charge in [-0.2, -0.15) is 4.98 Å². The molecule has 0 aromatic carbocycles. The van der Waals surface area contributed by atoms with Crippen molar-refractivity contribution in [3.05, 3.63) is 29.4 Å². The van der Waals surface area contributed by atoms with Gasteiger partial charge in [0.15, 0.2) is 17.4 Å². The molecule has 25 heavy (non-hydrogen) atoms. The molecule has 132 valence electrons. The van der Waals surface area contributed by atoms with Crippen LogP contribution in [0.4, 0.5) is 5.95 Å². The van der Waals surface area contributed by atoms with E-state index in [1.165, 1.54) is 17.0 Å². The third-order valence-electron chi connectivity index (χ3n) is 3.64. The van der Waals surface area contributed by atoms with Gasteiger partial charge in [-0.05, 0) is 10.6 Å². The third kappa shape index (κ3) is 2.99. The summed E-state index contributed by atoms with van der Waals surface area (Å²) in [5.41, 5.74) is 9.03. The molecule has 2 aromatic heterocycles. The van der Waals surface area contributed by atoms with Crippen molar-refractivity contribution in [3.8, 4) is 5.88 Å². The summed E-state index contributed by atoms with van der Waals surface area (Å²) in [5, 5.41) is 32.6. The lowest BCUT2D eigenvalue weighted by Gasteiger charge is -2.16. The fourth-order valence-corrected chi connectivity index (χ4v) is 2.50. The Bertz CT molecular complexity index is 834. The number of azide groups is 1. The summed E-state index contributed by atoms with van der Waals surface area (Å²) in [6.07, 6.45) is -1.76. The van der Waals surface area contributed by atoms with E-state index in [0.29, 0.717) is 0 Å². The highest BCUT2D eigenvalue weighted by molar-refractivity contribution is 5.77. The first-order chi connectivity index (χ1) is 12.1. The lowest BCUT2D eigenvalue weighted by Crippen LogP contribution is -2.33. The second kappa shape index (κ2) is 7.01. The molecule has 1 saturated heterocycles. The predicted molar refractivity (Wildman–Crippen MR) is 82.8 cm³/mol. The molecule has 4 atom stereocenters. The molecule has 1 aliphatic rings. The molecular weight excluding hydrogens is 334 g/mol. The van der Waals surface area contributed by atoms with Crippen LogP contribution in [0.15, 0.2) is 24.1 Å².